The molecule has 0 atom stereocenters. The van der Waals surface area contributed by atoms with E-state index in [1.165, 1.54) is 12.4 Å². The fraction of sp³-hybridized carbons (Fsp3) is 0.227. The summed E-state index contributed by atoms with van der Waals surface area (Å²) in [5.74, 6) is -1.49. The van der Waals surface area contributed by atoms with Crippen molar-refractivity contribution in [2.45, 2.75) is 6.42 Å². The normalized spacial score (nSPS) is 14.6. The van der Waals surface area contributed by atoms with Gasteiger partial charge in [-0.2, -0.15) is 5.10 Å². The average Bonchev–Trinajstić information content (AvgIpc) is 3.06. The van der Waals surface area contributed by atoms with Crippen LogP contribution in [0.1, 0.15) is 16.8 Å². The number of para-hydroxylation sites is 1. The molecule has 0 saturated carbocycles. The highest BCUT2D eigenvalue weighted by Gasteiger charge is 2.23. The Morgan fingerprint density at radius 1 is 1.09 bits per heavy atom. The molecule has 1 aromatic heterocycles. The summed E-state index contributed by atoms with van der Waals surface area (Å²) in [6.45, 7) is 2.21. The van der Waals surface area contributed by atoms with E-state index in [-0.39, 0.29) is 16.9 Å². The number of hydrogen-bond acceptors (Lipinski definition) is 7. The third-order valence-electron chi connectivity index (χ3n) is 5.17. The molecule has 2 N–H and O–H groups in total. The zero-order valence-electron chi connectivity index (χ0n) is 17.1. The van der Waals surface area contributed by atoms with Crippen LogP contribution in [0.15, 0.2) is 47.7 Å². The summed E-state index contributed by atoms with van der Waals surface area (Å²) in [5, 5.41) is 10.9. The first kappa shape index (κ1) is 21.3. The zero-order chi connectivity index (χ0) is 22.5. The Labute approximate surface area is 183 Å². The van der Waals surface area contributed by atoms with E-state index in [1.54, 1.807) is 29.2 Å². The number of hydrogen-bond donors (Lipinski definition) is 2. The van der Waals surface area contributed by atoms with Gasteiger partial charge < -0.3 is 15.2 Å². The first-order valence-corrected chi connectivity index (χ1v) is 10.1. The third kappa shape index (κ3) is 4.53. The summed E-state index contributed by atoms with van der Waals surface area (Å²) >= 11 is 0. The Balaban J connectivity index is 1.49. The van der Waals surface area contributed by atoms with Crippen molar-refractivity contribution >= 4 is 40.9 Å². The van der Waals surface area contributed by atoms with Gasteiger partial charge in [0, 0.05) is 44.5 Å². The van der Waals surface area contributed by atoms with Gasteiger partial charge in [-0.15, -0.1) is 0 Å². The van der Waals surface area contributed by atoms with Gasteiger partial charge in [0.05, 0.1) is 34.7 Å². The molecule has 1 aliphatic heterocycles. The van der Waals surface area contributed by atoms with E-state index in [2.05, 4.69) is 20.5 Å². The summed E-state index contributed by atoms with van der Waals surface area (Å²) in [6, 6.07) is 9.15. The topological polar surface area (TPSA) is 97.6 Å². The number of fused-ring (bicyclic) bond motifs is 1. The van der Waals surface area contributed by atoms with Crippen molar-refractivity contribution in [1.29, 1.82) is 5.41 Å². The summed E-state index contributed by atoms with van der Waals surface area (Å²) in [6.07, 6.45) is 4.58. The van der Waals surface area contributed by atoms with E-state index in [1.807, 2.05) is 4.90 Å². The maximum atomic E-state index is 13.6. The molecule has 0 spiro atoms. The van der Waals surface area contributed by atoms with Crippen molar-refractivity contribution in [3.05, 3.63) is 59.8 Å². The maximum Gasteiger partial charge on any atom is 0.256 e. The number of carbonyl (C=O) groups excluding carboxylic acids is 1. The molecule has 1 amide bonds. The lowest BCUT2D eigenvalue weighted by Gasteiger charge is -2.23. The molecule has 164 valence electrons. The monoisotopic (exact) mass is 437 g/mol. The second kappa shape index (κ2) is 9.46. The number of nitrogens with one attached hydrogen (secondary N) is 2. The molecule has 32 heavy (non-hydrogen) atoms. The fourth-order valence-corrected chi connectivity index (χ4v) is 3.58. The van der Waals surface area contributed by atoms with Crippen LogP contribution in [0.5, 0.6) is 0 Å². The number of hydrazone groups is 1. The van der Waals surface area contributed by atoms with Crippen LogP contribution in [0.3, 0.4) is 0 Å². The van der Waals surface area contributed by atoms with Crippen LogP contribution in [0.2, 0.25) is 0 Å². The maximum absolute atomic E-state index is 13.6. The number of amides is 1. The van der Waals surface area contributed by atoms with E-state index in [9.17, 15) is 13.6 Å². The van der Waals surface area contributed by atoms with Gasteiger partial charge in [0.25, 0.3) is 5.91 Å². The smallest absolute Gasteiger partial charge is 0.256 e. The zero-order valence-corrected chi connectivity index (χ0v) is 17.1. The Morgan fingerprint density at radius 2 is 1.88 bits per heavy atom. The minimum atomic E-state index is -0.964. The Hall–Kier alpha value is -3.95. The van der Waals surface area contributed by atoms with Gasteiger partial charge in [0.1, 0.15) is 5.82 Å². The number of aromatic nitrogens is 2. The van der Waals surface area contributed by atoms with Crippen LogP contribution < -0.4 is 10.3 Å². The molecule has 2 heterocycles. The quantitative estimate of drug-likeness (QED) is 0.472. The number of halogens is 2. The minimum Gasteiger partial charge on any atom is -0.353 e. The predicted molar refractivity (Wildman–Crippen MR) is 120 cm³/mol. The van der Waals surface area contributed by atoms with Crippen molar-refractivity contribution < 1.29 is 13.6 Å². The second-order valence-electron chi connectivity index (χ2n) is 7.22. The van der Waals surface area contributed by atoms with Crippen molar-refractivity contribution in [2.75, 3.05) is 36.5 Å². The number of carbonyl (C=O) groups is 1. The molecule has 8 nitrogen and oxygen atoms in total. The van der Waals surface area contributed by atoms with Crippen molar-refractivity contribution in [3.8, 4) is 0 Å². The Morgan fingerprint density at radius 3 is 2.69 bits per heavy atom. The number of rotatable bonds is 5. The molecule has 1 saturated heterocycles. The van der Waals surface area contributed by atoms with Gasteiger partial charge in [0.15, 0.2) is 11.6 Å². The van der Waals surface area contributed by atoms with Gasteiger partial charge >= 0.3 is 0 Å². The lowest BCUT2D eigenvalue weighted by molar-refractivity contribution is 0.0768. The molecule has 10 heteroatoms. The second-order valence-corrected chi connectivity index (χ2v) is 7.22. The molecule has 0 bridgehead atoms. The fourth-order valence-electron chi connectivity index (χ4n) is 3.58. The molecule has 3 aromatic rings. The van der Waals surface area contributed by atoms with Gasteiger partial charge in [-0.3, -0.25) is 15.2 Å². The molecule has 0 unspecified atom stereocenters. The van der Waals surface area contributed by atoms with Gasteiger partial charge in [0.2, 0.25) is 0 Å². The van der Waals surface area contributed by atoms with E-state index < -0.39 is 11.6 Å². The predicted octanol–water partition coefficient (Wildman–Crippen LogP) is 3.31. The van der Waals surface area contributed by atoms with E-state index in [0.717, 1.165) is 18.3 Å². The first-order chi connectivity index (χ1) is 15.6. The van der Waals surface area contributed by atoms with Crippen LogP contribution in [0.4, 0.5) is 20.3 Å². The molecule has 1 aliphatic rings. The van der Waals surface area contributed by atoms with E-state index in [4.69, 9.17) is 5.41 Å². The first-order valence-electron chi connectivity index (χ1n) is 10.1. The lowest BCUT2D eigenvalue weighted by atomic mass is 10.1. The largest absolute Gasteiger partial charge is 0.353 e. The average molecular weight is 437 g/mol. The third-order valence-corrected chi connectivity index (χ3v) is 5.17. The number of anilines is 2. The number of benzene rings is 2. The van der Waals surface area contributed by atoms with Gasteiger partial charge in [-0.05, 0) is 18.6 Å². The summed E-state index contributed by atoms with van der Waals surface area (Å²) in [4.78, 5) is 25.6. The van der Waals surface area contributed by atoms with Crippen LogP contribution in [-0.4, -0.2) is 59.4 Å². The molecular formula is C22H21F2N7O. The van der Waals surface area contributed by atoms with Crippen LogP contribution in [0.25, 0.3) is 11.0 Å². The van der Waals surface area contributed by atoms with Crippen LogP contribution >= 0.6 is 0 Å². The molecule has 0 aliphatic carbocycles. The minimum absolute atomic E-state index is 0.123. The Bertz CT molecular complexity index is 1180. The molecule has 2 aromatic carbocycles. The lowest BCUT2D eigenvalue weighted by Crippen LogP contribution is -2.35. The van der Waals surface area contributed by atoms with Crippen molar-refractivity contribution in [3.63, 3.8) is 0 Å². The highest BCUT2D eigenvalue weighted by Crippen LogP contribution is 2.22. The van der Waals surface area contributed by atoms with Crippen LogP contribution in [-0.2, 0) is 0 Å². The van der Waals surface area contributed by atoms with Crippen LogP contribution in [0, 0.1) is 17.0 Å². The summed E-state index contributed by atoms with van der Waals surface area (Å²) < 4.78 is 27.0. The molecule has 0 radical (unpaired) electrons. The van der Waals surface area contributed by atoms with Gasteiger partial charge in [-0.1, -0.05) is 12.1 Å². The van der Waals surface area contributed by atoms with E-state index in [0.29, 0.717) is 49.7 Å². The number of nitrogens with zero attached hydrogens (tertiary/aromatic N) is 5. The SMILES string of the molecule is N=C/C=N\Nc1ccccc1C(=O)N1CCCN(c2cnc3cc(F)c(F)cc3n2)CC1. The van der Waals surface area contributed by atoms with Crippen molar-refractivity contribution in [1.82, 2.24) is 14.9 Å². The highest BCUT2D eigenvalue weighted by molar-refractivity contribution is 6.14. The van der Waals surface area contributed by atoms with E-state index >= 15 is 0 Å². The molecule has 1 fully saturated rings. The van der Waals surface area contributed by atoms with Crippen molar-refractivity contribution in [2.24, 2.45) is 5.10 Å². The molecule has 4 rings (SSSR count). The van der Waals surface area contributed by atoms with Gasteiger partial charge in [-0.25, -0.2) is 13.8 Å². The summed E-state index contributed by atoms with van der Waals surface area (Å²) in [7, 11) is 0. The Kier molecular flexibility index (Phi) is 6.29. The highest BCUT2D eigenvalue weighted by atomic mass is 19.2. The summed E-state index contributed by atoms with van der Waals surface area (Å²) in [5.41, 5.74) is 4.42. The molecular weight excluding hydrogens is 416 g/mol. The standard InChI is InChI=1S/C22H21F2N7O/c23-16-12-19-20(13-17(16)24)28-21(14-26-19)30-8-3-9-31(11-10-30)22(32)15-4-1-2-5-18(15)29-27-7-6-25/h1-2,4-7,12-14,25,29H,3,8-11H2/b25-6?,27-7-.